The first-order valence-electron chi connectivity index (χ1n) is 9.40. The monoisotopic (exact) mass is 478 g/mol. The standard InChI is InChI=1S/C21H16ClFN2O6S/c22-14-9-13(2-3-15(14)23)29-10-19(26)24-5-6-25-20(27)18(32-21(25)28)8-12-1-4-16-17(7-12)31-11-30-16/h1-4,7-9H,5-6,10-11H2,(H,24,26)/b18-8+. The Balaban J connectivity index is 1.27. The van der Waals surface area contributed by atoms with E-state index < -0.39 is 22.9 Å². The van der Waals surface area contributed by atoms with Crippen LogP contribution in [0.25, 0.3) is 6.08 Å². The molecule has 0 radical (unpaired) electrons. The van der Waals surface area contributed by atoms with Crippen LogP contribution in [0.3, 0.4) is 0 Å². The number of ether oxygens (including phenoxy) is 3. The number of carbonyl (C=O) groups is 3. The fraction of sp³-hybridized carbons (Fsp3) is 0.190. The molecule has 1 saturated heterocycles. The van der Waals surface area contributed by atoms with E-state index in [-0.39, 0.29) is 42.2 Å². The second kappa shape index (κ2) is 9.49. The first kappa shape index (κ1) is 22.0. The smallest absolute Gasteiger partial charge is 0.293 e. The van der Waals surface area contributed by atoms with Crippen LogP contribution < -0.4 is 19.5 Å². The maximum atomic E-state index is 13.1. The molecular formula is C21H16ClFN2O6S. The molecule has 0 bridgehead atoms. The van der Waals surface area contributed by atoms with Crippen molar-refractivity contribution in [1.82, 2.24) is 10.2 Å². The van der Waals surface area contributed by atoms with E-state index in [1.54, 1.807) is 24.3 Å². The Morgan fingerprint density at radius 2 is 2.03 bits per heavy atom. The summed E-state index contributed by atoms with van der Waals surface area (Å²) in [6.07, 6.45) is 1.60. The molecular weight excluding hydrogens is 463 g/mol. The summed E-state index contributed by atoms with van der Waals surface area (Å²) in [6, 6.07) is 8.96. The maximum absolute atomic E-state index is 13.1. The fourth-order valence-electron chi connectivity index (χ4n) is 2.92. The molecule has 2 aromatic rings. The highest BCUT2D eigenvalue weighted by Gasteiger charge is 2.34. The van der Waals surface area contributed by atoms with Crippen molar-refractivity contribution in [2.75, 3.05) is 26.5 Å². The van der Waals surface area contributed by atoms with Crippen LogP contribution in [0, 0.1) is 5.82 Å². The Labute approximate surface area is 191 Å². The lowest BCUT2D eigenvalue weighted by molar-refractivity contribution is -0.125. The molecule has 0 saturated carbocycles. The van der Waals surface area contributed by atoms with Crippen LogP contribution in [-0.2, 0) is 9.59 Å². The normalized spacial score (nSPS) is 16.1. The van der Waals surface area contributed by atoms with Crippen molar-refractivity contribution in [3.05, 3.63) is 57.7 Å². The Kier molecular flexibility index (Phi) is 6.52. The molecule has 3 amide bonds. The lowest BCUT2D eigenvalue weighted by Crippen LogP contribution is -2.38. The molecule has 11 heteroatoms. The van der Waals surface area contributed by atoms with Crippen molar-refractivity contribution in [3.8, 4) is 17.2 Å². The van der Waals surface area contributed by atoms with E-state index in [9.17, 15) is 18.8 Å². The Morgan fingerprint density at radius 3 is 2.84 bits per heavy atom. The van der Waals surface area contributed by atoms with Gasteiger partial charge in [-0.25, -0.2) is 4.39 Å². The fourth-order valence-corrected chi connectivity index (χ4v) is 3.96. The van der Waals surface area contributed by atoms with Crippen LogP contribution in [0.15, 0.2) is 41.3 Å². The SMILES string of the molecule is O=C(COc1ccc(F)c(Cl)c1)NCCN1C(=O)S/C(=C/c2ccc3c(c2)OCO3)C1=O. The Hall–Kier alpha value is -3.24. The molecule has 2 heterocycles. The zero-order valence-electron chi connectivity index (χ0n) is 16.4. The topological polar surface area (TPSA) is 94.2 Å². The summed E-state index contributed by atoms with van der Waals surface area (Å²) in [6.45, 7) is -0.115. The third kappa shape index (κ3) is 4.97. The molecule has 0 aromatic heterocycles. The lowest BCUT2D eigenvalue weighted by Gasteiger charge is -2.13. The van der Waals surface area contributed by atoms with Gasteiger partial charge in [0.15, 0.2) is 18.1 Å². The van der Waals surface area contributed by atoms with Crippen LogP contribution in [0.2, 0.25) is 5.02 Å². The quantitative estimate of drug-likeness (QED) is 0.609. The van der Waals surface area contributed by atoms with Gasteiger partial charge >= 0.3 is 0 Å². The second-order valence-electron chi connectivity index (χ2n) is 6.66. The minimum Gasteiger partial charge on any atom is -0.484 e. The third-order valence-electron chi connectivity index (χ3n) is 4.49. The van der Waals surface area contributed by atoms with E-state index in [2.05, 4.69) is 5.32 Å². The Morgan fingerprint density at radius 1 is 1.22 bits per heavy atom. The number of nitrogens with one attached hydrogen (secondary N) is 1. The van der Waals surface area contributed by atoms with E-state index in [4.69, 9.17) is 25.8 Å². The summed E-state index contributed by atoms with van der Waals surface area (Å²) in [5, 5.41) is 2.03. The van der Waals surface area contributed by atoms with Gasteiger partial charge in [0.25, 0.3) is 17.1 Å². The molecule has 0 unspecified atom stereocenters. The van der Waals surface area contributed by atoms with Gasteiger partial charge in [0.05, 0.1) is 9.93 Å². The molecule has 8 nitrogen and oxygen atoms in total. The van der Waals surface area contributed by atoms with Crippen molar-refractivity contribution in [2.24, 2.45) is 0 Å². The van der Waals surface area contributed by atoms with Gasteiger partial charge in [-0.3, -0.25) is 19.3 Å². The summed E-state index contributed by atoms with van der Waals surface area (Å²) in [4.78, 5) is 38.1. The molecule has 2 aliphatic rings. The van der Waals surface area contributed by atoms with Crippen molar-refractivity contribution >= 4 is 46.5 Å². The number of hydrogen-bond donors (Lipinski definition) is 1. The van der Waals surface area contributed by atoms with Gasteiger partial charge in [-0.15, -0.1) is 0 Å². The molecule has 1 fully saturated rings. The van der Waals surface area contributed by atoms with Gasteiger partial charge in [0.2, 0.25) is 6.79 Å². The number of carbonyl (C=O) groups excluding carboxylic acids is 3. The van der Waals surface area contributed by atoms with E-state index in [0.29, 0.717) is 17.1 Å². The summed E-state index contributed by atoms with van der Waals surface area (Å²) in [5.41, 5.74) is 0.700. The van der Waals surface area contributed by atoms with Crippen LogP contribution in [-0.4, -0.2) is 48.4 Å². The zero-order valence-corrected chi connectivity index (χ0v) is 18.0. The highest BCUT2D eigenvalue weighted by atomic mass is 35.5. The molecule has 4 rings (SSSR count). The minimum absolute atomic E-state index is 0.0112. The highest BCUT2D eigenvalue weighted by Crippen LogP contribution is 2.36. The second-order valence-corrected chi connectivity index (χ2v) is 8.06. The van der Waals surface area contributed by atoms with Gasteiger partial charge in [0.1, 0.15) is 11.6 Å². The molecule has 2 aromatic carbocycles. The van der Waals surface area contributed by atoms with Gasteiger partial charge < -0.3 is 19.5 Å². The predicted molar refractivity (Wildman–Crippen MR) is 115 cm³/mol. The van der Waals surface area contributed by atoms with Crippen LogP contribution >= 0.6 is 23.4 Å². The number of hydrogen-bond acceptors (Lipinski definition) is 7. The lowest BCUT2D eigenvalue weighted by atomic mass is 10.2. The first-order valence-corrected chi connectivity index (χ1v) is 10.6. The number of nitrogens with zero attached hydrogens (tertiary/aromatic N) is 1. The van der Waals surface area contributed by atoms with E-state index in [1.807, 2.05) is 0 Å². The number of imide groups is 1. The predicted octanol–water partition coefficient (Wildman–Crippen LogP) is 3.44. The van der Waals surface area contributed by atoms with Crippen molar-refractivity contribution < 1.29 is 33.0 Å². The number of fused-ring (bicyclic) bond motifs is 1. The number of thioether (sulfide) groups is 1. The Bertz CT molecular complexity index is 1130. The zero-order chi connectivity index (χ0) is 22.7. The van der Waals surface area contributed by atoms with Gasteiger partial charge in [0, 0.05) is 19.2 Å². The summed E-state index contributed by atoms with van der Waals surface area (Å²) in [5.74, 6) is -0.0554. The molecule has 32 heavy (non-hydrogen) atoms. The van der Waals surface area contributed by atoms with Crippen molar-refractivity contribution in [3.63, 3.8) is 0 Å². The average Bonchev–Trinajstić information content (AvgIpc) is 3.34. The number of amides is 3. The third-order valence-corrected chi connectivity index (χ3v) is 5.68. The van der Waals surface area contributed by atoms with E-state index in [0.717, 1.165) is 22.7 Å². The van der Waals surface area contributed by atoms with Crippen LogP contribution in [0.5, 0.6) is 17.2 Å². The molecule has 166 valence electrons. The molecule has 2 aliphatic heterocycles. The number of benzene rings is 2. The van der Waals surface area contributed by atoms with Crippen LogP contribution in [0.4, 0.5) is 9.18 Å². The molecule has 0 spiro atoms. The van der Waals surface area contributed by atoms with Crippen molar-refractivity contribution in [2.45, 2.75) is 0 Å². The molecule has 1 N–H and O–H groups in total. The maximum Gasteiger partial charge on any atom is 0.293 e. The van der Waals surface area contributed by atoms with E-state index >= 15 is 0 Å². The largest absolute Gasteiger partial charge is 0.484 e. The molecule has 0 atom stereocenters. The highest BCUT2D eigenvalue weighted by molar-refractivity contribution is 8.18. The molecule has 0 aliphatic carbocycles. The van der Waals surface area contributed by atoms with Gasteiger partial charge in [-0.05, 0) is 47.7 Å². The van der Waals surface area contributed by atoms with E-state index in [1.165, 1.54) is 12.1 Å². The van der Waals surface area contributed by atoms with Gasteiger partial charge in [-0.1, -0.05) is 17.7 Å². The summed E-state index contributed by atoms with van der Waals surface area (Å²) >= 11 is 6.48. The van der Waals surface area contributed by atoms with Crippen molar-refractivity contribution in [1.29, 1.82) is 0 Å². The number of rotatable bonds is 7. The minimum atomic E-state index is -0.590. The van der Waals surface area contributed by atoms with Gasteiger partial charge in [-0.2, -0.15) is 0 Å². The van der Waals surface area contributed by atoms with Crippen LogP contribution in [0.1, 0.15) is 5.56 Å². The average molecular weight is 479 g/mol. The summed E-state index contributed by atoms with van der Waals surface area (Å²) < 4.78 is 28.9. The number of halogens is 2. The summed E-state index contributed by atoms with van der Waals surface area (Å²) in [7, 11) is 0. The first-order chi connectivity index (χ1) is 15.4.